The van der Waals surface area contributed by atoms with E-state index in [1.54, 1.807) is 24.3 Å². The molecule has 0 saturated carbocycles. The predicted molar refractivity (Wildman–Crippen MR) is 184 cm³/mol. The van der Waals surface area contributed by atoms with Gasteiger partial charge in [-0.2, -0.15) is 0 Å². The Hall–Kier alpha value is -4.42. The van der Waals surface area contributed by atoms with Crippen molar-refractivity contribution in [3.8, 4) is 0 Å². The molecule has 5 rings (SSSR count). The lowest BCUT2D eigenvalue weighted by atomic mass is 9.68. The molecule has 0 bridgehead atoms. The maximum Gasteiger partial charge on any atom is 0.338 e. The van der Waals surface area contributed by atoms with Gasteiger partial charge in [0.1, 0.15) is 6.10 Å². The first-order valence-electron chi connectivity index (χ1n) is 16.6. The molecule has 0 aliphatic heterocycles. The van der Waals surface area contributed by atoms with Crippen molar-refractivity contribution in [1.82, 2.24) is 0 Å². The van der Waals surface area contributed by atoms with Gasteiger partial charge in [-0.05, 0) is 77.9 Å². The molecule has 46 heavy (non-hydrogen) atoms. The summed E-state index contributed by atoms with van der Waals surface area (Å²) in [5, 5.41) is 3.66. The second-order valence-corrected chi connectivity index (χ2v) is 12.3. The Kier molecular flexibility index (Phi) is 10.9. The maximum absolute atomic E-state index is 13.9. The Balaban J connectivity index is 1.73. The van der Waals surface area contributed by atoms with Crippen molar-refractivity contribution < 1.29 is 19.1 Å². The zero-order valence-electron chi connectivity index (χ0n) is 27.4. The van der Waals surface area contributed by atoms with Gasteiger partial charge in [0.2, 0.25) is 0 Å². The van der Waals surface area contributed by atoms with Gasteiger partial charge < -0.3 is 20.5 Å². The number of nitrogens with two attached hydrogens (primary N) is 1. The standard InChI is InChI=1S/C40H46N2O4/c1-5-7-25-42-33-24-15-23-31-35(33)27(4)37(45-39(43)28-18-10-8-11-19-28)38(46-40(44)29-20-12-9-13-21-29)36(31)34-26(3)17-14-22-30(34)32(41)16-6-2/h8-15,17-24,27,32,36-38,42H,5-7,16,25,41H2,1-4H3. The number of hydrogen-bond acceptors (Lipinski definition) is 6. The number of rotatable bonds is 12. The number of carbonyl (C=O) groups excluding carboxylic acids is 2. The molecule has 6 nitrogen and oxygen atoms in total. The van der Waals surface area contributed by atoms with E-state index in [1.165, 1.54) is 0 Å². The minimum Gasteiger partial charge on any atom is -0.454 e. The normalized spacial score (nSPS) is 19.5. The first kappa shape index (κ1) is 33.0. The Morgan fingerprint density at radius 3 is 1.98 bits per heavy atom. The van der Waals surface area contributed by atoms with Gasteiger partial charge in [-0.1, -0.05) is 100 Å². The van der Waals surface area contributed by atoms with Crippen LogP contribution in [0.5, 0.6) is 0 Å². The molecule has 0 heterocycles. The number of unbranched alkanes of at least 4 members (excludes halogenated alkanes) is 1. The van der Waals surface area contributed by atoms with Crippen LogP contribution in [0.1, 0.15) is 113 Å². The number of fused-ring (bicyclic) bond motifs is 1. The van der Waals surface area contributed by atoms with Crippen molar-refractivity contribution >= 4 is 17.6 Å². The van der Waals surface area contributed by atoms with Crippen LogP contribution in [-0.4, -0.2) is 30.7 Å². The highest BCUT2D eigenvalue weighted by Crippen LogP contribution is 2.50. The minimum absolute atomic E-state index is 0.204. The molecule has 6 heteroatoms. The Bertz CT molecular complexity index is 1620. The van der Waals surface area contributed by atoms with Crippen LogP contribution >= 0.6 is 0 Å². The van der Waals surface area contributed by atoms with Gasteiger partial charge in [0.05, 0.1) is 17.0 Å². The van der Waals surface area contributed by atoms with Gasteiger partial charge in [0.25, 0.3) is 0 Å². The molecule has 0 radical (unpaired) electrons. The number of carbonyl (C=O) groups is 2. The van der Waals surface area contributed by atoms with Gasteiger partial charge in [-0.25, -0.2) is 9.59 Å². The van der Waals surface area contributed by atoms with E-state index < -0.39 is 30.1 Å². The number of aryl methyl sites for hydroxylation is 1. The summed E-state index contributed by atoms with van der Waals surface area (Å²) < 4.78 is 13.0. The summed E-state index contributed by atoms with van der Waals surface area (Å²) >= 11 is 0. The lowest BCUT2D eigenvalue weighted by molar-refractivity contribution is -0.0532. The Morgan fingerprint density at radius 2 is 1.37 bits per heavy atom. The number of nitrogens with one attached hydrogen (secondary N) is 1. The van der Waals surface area contributed by atoms with E-state index in [-0.39, 0.29) is 12.0 Å². The fourth-order valence-corrected chi connectivity index (χ4v) is 6.81. The Morgan fingerprint density at radius 1 is 0.761 bits per heavy atom. The second kappa shape index (κ2) is 15.2. The third-order valence-corrected chi connectivity index (χ3v) is 9.09. The minimum atomic E-state index is -0.817. The topological polar surface area (TPSA) is 90.6 Å². The number of benzene rings is 4. The molecular formula is C40H46N2O4. The highest BCUT2D eigenvalue weighted by molar-refractivity contribution is 5.90. The zero-order valence-corrected chi connectivity index (χ0v) is 27.4. The largest absolute Gasteiger partial charge is 0.454 e. The fraction of sp³-hybridized carbons (Fsp3) is 0.350. The summed E-state index contributed by atoms with van der Waals surface area (Å²) in [5.74, 6) is -1.63. The van der Waals surface area contributed by atoms with Crippen molar-refractivity contribution in [3.63, 3.8) is 0 Å². The number of ether oxygens (including phenoxy) is 2. The van der Waals surface area contributed by atoms with Gasteiger partial charge in [0, 0.05) is 24.2 Å². The van der Waals surface area contributed by atoms with Crippen LogP contribution in [0.2, 0.25) is 0 Å². The summed E-state index contributed by atoms with van der Waals surface area (Å²) in [6.07, 6.45) is 2.24. The van der Waals surface area contributed by atoms with Gasteiger partial charge in [-0.15, -0.1) is 0 Å². The van der Waals surface area contributed by atoms with Crippen LogP contribution in [0.15, 0.2) is 97.1 Å². The van der Waals surface area contributed by atoms with Crippen molar-refractivity contribution in [2.24, 2.45) is 5.73 Å². The van der Waals surface area contributed by atoms with Crippen molar-refractivity contribution in [1.29, 1.82) is 0 Å². The van der Waals surface area contributed by atoms with Crippen molar-refractivity contribution in [2.45, 2.75) is 83.5 Å². The molecule has 0 aromatic heterocycles. The third-order valence-electron chi connectivity index (χ3n) is 9.09. The monoisotopic (exact) mass is 618 g/mol. The van der Waals surface area contributed by atoms with Crippen LogP contribution in [0.4, 0.5) is 5.69 Å². The average molecular weight is 619 g/mol. The first-order chi connectivity index (χ1) is 22.3. The quantitative estimate of drug-likeness (QED) is 0.122. The molecule has 0 saturated heterocycles. The number of esters is 2. The highest BCUT2D eigenvalue weighted by atomic mass is 16.6. The van der Waals surface area contributed by atoms with E-state index in [0.717, 1.165) is 65.7 Å². The molecule has 5 unspecified atom stereocenters. The van der Waals surface area contributed by atoms with Gasteiger partial charge in [-0.3, -0.25) is 0 Å². The molecule has 0 spiro atoms. The lowest BCUT2D eigenvalue weighted by Gasteiger charge is -2.44. The molecule has 0 amide bonds. The molecule has 1 aliphatic rings. The average Bonchev–Trinajstić information content (AvgIpc) is 3.07. The first-order valence-corrected chi connectivity index (χ1v) is 16.6. The van der Waals surface area contributed by atoms with E-state index in [0.29, 0.717) is 11.1 Å². The molecule has 0 fully saturated rings. The zero-order chi connectivity index (χ0) is 32.6. The van der Waals surface area contributed by atoms with Crippen LogP contribution in [0.25, 0.3) is 0 Å². The van der Waals surface area contributed by atoms with Gasteiger partial charge >= 0.3 is 11.9 Å². The fourth-order valence-electron chi connectivity index (χ4n) is 6.81. The smallest absolute Gasteiger partial charge is 0.338 e. The van der Waals surface area contributed by atoms with E-state index in [2.05, 4.69) is 63.3 Å². The predicted octanol–water partition coefficient (Wildman–Crippen LogP) is 8.71. The molecule has 3 N–H and O–H groups in total. The summed E-state index contributed by atoms with van der Waals surface area (Å²) in [5.41, 5.74) is 14.0. The summed E-state index contributed by atoms with van der Waals surface area (Å²) in [6.45, 7) is 9.27. The molecule has 240 valence electrons. The van der Waals surface area contributed by atoms with Gasteiger partial charge in [0.15, 0.2) is 6.10 Å². The summed E-state index contributed by atoms with van der Waals surface area (Å²) in [6, 6.07) is 30.3. The lowest BCUT2D eigenvalue weighted by Crippen LogP contribution is -2.47. The van der Waals surface area contributed by atoms with E-state index >= 15 is 0 Å². The van der Waals surface area contributed by atoms with E-state index in [9.17, 15) is 9.59 Å². The maximum atomic E-state index is 13.9. The number of hydrogen-bond donors (Lipinski definition) is 2. The SMILES string of the molecule is CCCCNc1cccc2c1C(C)C(OC(=O)c1ccccc1)C(OC(=O)c1ccccc1)C2c1c(C)cccc1C(N)CCC. The molecule has 4 aromatic rings. The third kappa shape index (κ3) is 7.02. The molecule has 4 aromatic carbocycles. The van der Waals surface area contributed by atoms with E-state index in [4.69, 9.17) is 15.2 Å². The second-order valence-electron chi connectivity index (χ2n) is 12.3. The van der Waals surface area contributed by atoms with Crippen LogP contribution in [-0.2, 0) is 9.47 Å². The number of anilines is 1. The highest BCUT2D eigenvalue weighted by Gasteiger charge is 2.48. The Labute approximate surface area is 273 Å². The van der Waals surface area contributed by atoms with E-state index in [1.807, 2.05) is 42.5 Å². The van der Waals surface area contributed by atoms with Crippen LogP contribution < -0.4 is 11.1 Å². The van der Waals surface area contributed by atoms with Crippen molar-refractivity contribution in [3.05, 3.63) is 136 Å². The van der Waals surface area contributed by atoms with Crippen molar-refractivity contribution in [2.75, 3.05) is 11.9 Å². The molecular weight excluding hydrogens is 572 g/mol. The summed E-state index contributed by atoms with van der Waals surface area (Å²) in [4.78, 5) is 27.6. The van der Waals surface area contributed by atoms with Crippen LogP contribution in [0, 0.1) is 6.92 Å². The molecule has 1 aliphatic carbocycles. The summed E-state index contributed by atoms with van der Waals surface area (Å²) in [7, 11) is 0. The molecule has 5 atom stereocenters. The van der Waals surface area contributed by atoms with Crippen LogP contribution in [0.3, 0.4) is 0 Å².